The van der Waals surface area contributed by atoms with Gasteiger partial charge >= 0.3 is 0 Å². The number of ether oxygens (including phenoxy) is 4. The van der Waals surface area contributed by atoms with E-state index in [0.29, 0.717) is 5.75 Å². The Morgan fingerprint density at radius 3 is 1.38 bits per heavy atom. The Balaban J connectivity index is 0.000000156. The van der Waals surface area contributed by atoms with Gasteiger partial charge in [0.1, 0.15) is 0 Å². The molecular formula is C51H49N3O7. The minimum Gasteiger partial charge on any atom is -0.454 e. The van der Waals surface area contributed by atoms with Crippen LogP contribution in [0.15, 0.2) is 121 Å². The van der Waals surface area contributed by atoms with Gasteiger partial charge in [-0.2, -0.15) is 0 Å². The van der Waals surface area contributed by atoms with Crippen molar-refractivity contribution in [3.63, 3.8) is 0 Å². The van der Waals surface area contributed by atoms with Crippen LogP contribution in [0.2, 0.25) is 0 Å². The lowest BCUT2D eigenvalue weighted by molar-refractivity contribution is -0.119. The maximum atomic E-state index is 13.3. The van der Waals surface area contributed by atoms with Crippen LogP contribution in [0.5, 0.6) is 23.0 Å². The van der Waals surface area contributed by atoms with Crippen LogP contribution in [0.3, 0.4) is 0 Å². The Kier molecular flexibility index (Phi) is 10.7. The average Bonchev–Trinajstić information content (AvgIpc) is 4.18. The highest BCUT2D eigenvalue weighted by atomic mass is 16.7. The first-order chi connectivity index (χ1) is 29.7. The lowest BCUT2D eigenvalue weighted by Crippen LogP contribution is -2.27. The molecule has 6 aromatic rings. The molecule has 2 heterocycles. The van der Waals surface area contributed by atoms with Gasteiger partial charge in [-0.3, -0.25) is 9.59 Å². The summed E-state index contributed by atoms with van der Waals surface area (Å²) in [7, 11) is 1.94. The third-order valence-electron chi connectivity index (χ3n) is 12.3. The summed E-state index contributed by atoms with van der Waals surface area (Å²) in [4.78, 5) is 26.5. The SMILES string of the molecule is CNCc1ccc(-c2cc(NC(=O)C3(c4ccc5c(c4)OCO5)CC3)ccc2C)cc1.Cc1ccc(NC(=O)C2(c3ccc4c(c3)OCO4)CC2)cc1-c1ccc(CO)cc1. The van der Waals surface area contributed by atoms with Gasteiger partial charge in [-0.1, -0.05) is 72.8 Å². The summed E-state index contributed by atoms with van der Waals surface area (Å²) in [5.74, 6) is 2.93. The number of amides is 2. The van der Waals surface area contributed by atoms with Crippen molar-refractivity contribution in [2.75, 3.05) is 31.3 Å². The highest BCUT2D eigenvalue weighted by molar-refractivity contribution is 6.03. The zero-order valence-corrected chi connectivity index (χ0v) is 34.6. The fourth-order valence-corrected chi connectivity index (χ4v) is 8.25. The van der Waals surface area contributed by atoms with Crippen LogP contribution in [-0.2, 0) is 33.6 Å². The van der Waals surface area contributed by atoms with Crippen molar-refractivity contribution in [1.82, 2.24) is 5.32 Å². The van der Waals surface area contributed by atoms with E-state index < -0.39 is 10.8 Å². The first-order valence-corrected chi connectivity index (χ1v) is 20.8. The standard InChI is InChI=1S/C26H26N2O3.C25H23NO4/c1-17-3-9-21(14-22(17)19-6-4-18(5-7-19)15-27-2)28-25(29)26(11-12-26)20-8-10-23-24(13-20)31-16-30-23;1-16-2-8-20(13-21(16)18-5-3-17(14-27)4-6-18)26-24(28)25(10-11-25)19-7-9-22-23(12-19)30-15-29-22/h3-10,13-14,27H,11-12,15-16H2,1-2H3,(H,28,29);2-9,12-13,27H,10-11,14-15H2,1H3,(H,26,28). The molecule has 2 amide bonds. The van der Waals surface area contributed by atoms with Crippen molar-refractivity contribution < 1.29 is 33.6 Å². The molecule has 6 aromatic carbocycles. The van der Waals surface area contributed by atoms with Gasteiger partial charge in [0, 0.05) is 17.9 Å². The fraction of sp³-hybridized carbons (Fsp3) is 0.255. The summed E-state index contributed by atoms with van der Waals surface area (Å²) >= 11 is 0. The van der Waals surface area contributed by atoms with E-state index in [4.69, 9.17) is 18.9 Å². The number of rotatable bonds is 11. The molecule has 0 aromatic heterocycles. The van der Waals surface area contributed by atoms with Crippen LogP contribution in [0.25, 0.3) is 22.3 Å². The van der Waals surface area contributed by atoms with E-state index in [0.717, 1.165) is 105 Å². The van der Waals surface area contributed by atoms with E-state index in [9.17, 15) is 14.7 Å². The molecule has 10 nitrogen and oxygen atoms in total. The predicted molar refractivity (Wildman–Crippen MR) is 236 cm³/mol. The van der Waals surface area contributed by atoms with Gasteiger partial charge in [0.25, 0.3) is 0 Å². The first-order valence-electron chi connectivity index (χ1n) is 20.8. The third-order valence-corrected chi connectivity index (χ3v) is 12.3. The number of carbonyl (C=O) groups is 2. The second-order valence-electron chi connectivity index (χ2n) is 16.4. The molecule has 61 heavy (non-hydrogen) atoms. The Hall–Kier alpha value is -6.62. The molecular weight excluding hydrogens is 767 g/mol. The van der Waals surface area contributed by atoms with Gasteiger partial charge in [-0.15, -0.1) is 0 Å². The zero-order chi connectivity index (χ0) is 42.1. The minimum absolute atomic E-state index is 0.00629. The molecule has 2 aliphatic carbocycles. The largest absolute Gasteiger partial charge is 0.454 e. The number of hydrogen-bond donors (Lipinski definition) is 4. The van der Waals surface area contributed by atoms with Crippen molar-refractivity contribution in [3.05, 3.63) is 155 Å². The molecule has 2 fully saturated rings. The third kappa shape index (κ3) is 8.04. The van der Waals surface area contributed by atoms with Crippen molar-refractivity contribution >= 4 is 23.2 Å². The van der Waals surface area contributed by atoms with Gasteiger partial charge in [0.2, 0.25) is 25.4 Å². The van der Waals surface area contributed by atoms with E-state index >= 15 is 0 Å². The van der Waals surface area contributed by atoms with E-state index in [1.54, 1.807) is 0 Å². The molecule has 0 radical (unpaired) electrons. The van der Waals surface area contributed by atoms with Gasteiger partial charge < -0.3 is 40.0 Å². The molecule has 310 valence electrons. The molecule has 0 atom stereocenters. The highest BCUT2D eigenvalue weighted by Gasteiger charge is 2.52. The number of hydrogen-bond acceptors (Lipinski definition) is 8. The second-order valence-corrected chi connectivity index (χ2v) is 16.4. The van der Waals surface area contributed by atoms with Crippen LogP contribution in [0.1, 0.15) is 59.1 Å². The number of aliphatic hydroxyl groups is 1. The van der Waals surface area contributed by atoms with Crippen molar-refractivity contribution in [1.29, 1.82) is 0 Å². The minimum atomic E-state index is -0.505. The summed E-state index contributed by atoms with van der Waals surface area (Å²) in [6.07, 6.45) is 3.31. The van der Waals surface area contributed by atoms with Crippen LogP contribution < -0.4 is 34.9 Å². The summed E-state index contributed by atoms with van der Waals surface area (Å²) in [5, 5.41) is 18.7. The Labute approximate surface area is 355 Å². The molecule has 0 saturated heterocycles. The second kappa shape index (κ2) is 16.4. The number of anilines is 2. The van der Waals surface area contributed by atoms with Crippen molar-refractivity contribution in [2.45, 2.75) is 63.5 Å². The van der Waals surface area contributed by atoms with Gasteiger partial charge in [-0.05, 0) is 151 Å². The lowest BCUT2D eigenvalue weighted by atomic mass is 9.94. The molecule has 0 bridgehead atoms. The van der Waals surface area contributed by atoms with Gasteiger partial charge in [0.15, 0.2) is 23.0 Å². The zero-order valence-electron chi connectivity index (χ0n) is 34.6. The highest BCUT2D eigenvalue weighted by Crippen LogP contribution is 2.52. The lowest BCUT2D eigenvalue weighted by Gasteiger charge is -2.17. The van der Waals surface area contributed by atoms with Gasteiger partial charge in [0.05, 0.1) is 17.4 Å². The normalized spacial score (nSPS) is 15.6. The summed E-state index contributed by atoms with van der Waals surface area (Å²) in [6, 6.07) is 40.0. The van der Waals surface area contributed by atoms with E-state index in [2.05, 4.69) is 66.2 Å². The molecule has 2 saturated carbocycles. The first kappa shape index (κ1) is 39.8. The quantitative estimate of drug-likeness (QED) is 0.102. The van der Waals surface area contributed by atoms with E-state index in [1.165, 1.54) is 11.1 Å². The van der Waals surface area contributed by atoms with Crippen LogP contribution in [-0.4, -0.2) is 37.6 Å². The fourth-order valence-electron chi connectivity index (χ4n) is 8.25. The van der Waals surface area contributed by atoms with Crippen LogP contribution in [0.4, 0.5) is 11.4 Å². The number of aryl methyl sites for hydroxylation is 2. The number of fused-ring (bicyclic) bond motifs is 2. The van der Waals surface area contributed by atoms with Crippen LogP contribution in [0, 0.1) is 13.8 Å². The molecule has 10 rings (SSSR count). The predicted octanol–water partition coefficient (Wildman–Crippen LogP) is 9.33. The van der Waals surface area contributed by atoms with E-state index in [-0.39, 0.29) is 32.0 Å². The smallest absolute Gasteiger partial charge is 0.235 e. The summed E-state index contributed by atoms with van der Waals surface area (Å²) in [6.45, 7) is 5.48. The number of nitrogens with one attached hydrogen (secondary N) is 3. The molecule has 10 heteroatoms. The number of benzene rings is 6. The summed E-state index contributed by atoms with van der Waals surface area (Å²) in [5.41, 5.74) is 11.4. The van der Waals surface area contributed by atoms with Crippen molar-refractivity contribution in [2.24, 2.45) is 0 Å². The van der Waals surface area contributed by atoms with Gasteiger partial charge in [-0.25, -0.2) is 0 Å². The topological polar surface area (TPSA) is 127 Å². The van der Waals surface area contributed by atoms with Crippen LogP contribution >= 0.6 is 0 Å². The summed E-state index contributed by atoms with van der Waals surface area (Å²) < 4.78 is 21.8. The molecule has 4 N–H and O–H groups in total. The Morgan fingerprint density at radius 1 is 0.541 bits per heavy atom. The molecule has 2 aliphatic heterocycles. The van der Waals surface area contributed by atoms with E-state index in [1.807, 2.05) is 92.0 Å². The average molecular weight is 816 g/mol. The molecule has 4 aliphatic rings. The molecule has 0 unspecified atom stereocenters. The van der Waals surface area contributed by atoms with Crippen molar-refractivity contribution in [3.8, 4) is 45.3 Å². The Morgan fingerprint density at radius 2 is 0.967 bits per heavy atom. The number of aliphatic hydroxyl groups excluding tert-OH is 1. The maximum absolute atomic E-state index is 13.3. The molecule has 0 spiro atoms. The number of carbonyl (C=O) groups excluding carboxylic acids is 2. The Bertz CT molecular complexity index is 2610. The maximum Gasteiger partial charge on any atom is 0.235 e. The monoisotopic (exact) mass is 815 g/mol.